The van der Waals surface area contributed by atoms with Gasteiger partial charge in [0, 0.05) is 25.7 Å². The van der Waals surface area contributed by atoms with Crippen LogP contribution < -0.4 is 5.32 Å². The van der Waals surface area contributed by atoms with Crippen molar-refractivity contribution in [2.75, 3.05) is 19.6 Å². The molecule has 0 aliphatic carbocycles. The van der Waals surface area contributed by atoms with E-state index in [0.29, 0.717) is 6.54 Å². The van der Waals surface area contributed by atoms with Gasteiger partial charge in [0.15, 0.2) is 0 Å². The van der Waals surface area contributed by atoms with Crippen molar-refractivity contribution < 1.29 is 9.90 Å². The van der Waals surface area contributed by atoms with Crippen molar-refractivity contribution in [2.24, 2.45) is 0 Å². The summed E-state index contributed by atoms with van der Waals surface area (Å²) in [5.74, 6) is 0. The highest BCUT2D eigenvalue weighted by atomic mass is 16.4. The SMILES string of the molecule is O=C(O)N1CCNC[C@@H]1CCc1ccccc1. The number of carboxylic acid groups (broad SMARTS) is 1. The minimum Gasteiger partial charge on any atom is -0.465 e. The van der Waals surface area contributed by atoms with Gasteiger partial charge in [-0.2, -0.15) is 0 Å². The fourth-order valence-corrected chi connectivity index (χ4v) is 2.25. The zero-order chi connectivity index (χ0) is 12.1. The molecule has 0 spiro atoms. The summed E-state index contributed by atoms with van der Waals surface area (Å²) in [7, 11) is 0. The smallest absolute Gasteiger partial charge is 0.407 e. The lowest BCUT2D eigenvalue weighted by Crippen LogP contribution is -2.53. The number of nitrogens with zero attached hydrogens (tertiary/aromatic N) is 1. The average molecular weight is 234 g/mol. The molecule has 1 aliphatic rings. The van der Waals surface area contributed by atoms with Crippen molar-refractivity contribution in [3.63, 3.8) is 0 Å². The third-order valence-corrected chi connectivity index (χ3v) is 3.20. The van der Waals surface area contributed by atoms with Crippen LogP contribution in [-0.4, -0.2) is 41.8 Å². The van der Waals surface area contributed by atoms with Crippen LogP contribution in [0.5, 0.6) is 0 Å². The minimum atomic E-state index is -0.801. The fourth-order valence-electron chi connectivity index (χ4n) is 2.25. The van der Waals surface area contributed by atoms with Crippen molar-refractivity contribution >= 4 is 6.09 Å². The van der Waals surface area contributed by atoms with Gasteiger partial charge in [-0.1, -0.05) is 30.3 Å². The lowest BCUT2D eigenvalue weighted by atomic mass is 10.0. The molecule has 1 saturated heterocycles. The van der Waals surface area contributed by atoms with Gasteiger partial charge in [-0.25, -0.2) is 4.79 Å². The zero-order valence-electron chi connectivity index (χ0n) is 9.80. The van der Waals surface area contributed by atoms with Crippen LogP contribution in [0.4, 0.5) is 4.79 Å². The second-order valence-electron chi connectivity index (χ2n) is 4.36. The summed E-state index contributed by atoms with van der Waals surface area (Å²) in [5.41, 5.74) is 1.27. The van der Waals surface area contributed by atoms with Crippen LogP contribution >= 0.6 is 0 Å². The quantitative estimate of drug-likeness (QED) is 0.834. The summed E-state index contributed by atoms with van der Waals surface area (Å²) in [4.78, 5) is 12.6. The number of hydrogen-bond donors (Lipinski definition) is 2. The number of carbonyl (C=O) groups is 1. The first-order valence-electron chi connectivity index (χ1n) is 6.01. The molecule has 4 heteroatoms. The summed E-state index contributed by atoms with van der Waals surface area (Å²) in [6.07, 6.45) is 1.00. The molecular formula is C13H18N2O2. The van der Waals surface area contributed by atoms with Crippen molar-refractivity contribution in [1.82, 2.24) is 10.2 Å². The molecule has 0 aromatic heterocycles. The molecule has 1 amide bonds. The molecule has 4 nitrogen and oxygen atoms in total. The normalized spacial score (nSPS) is 20.2. The van der Waals surface area contributed by atoms with Crippen LogP contribution in [0.1, 0.15) is 12.0 Å². The Morgan fingerprint density at radius 2 is 2.18 bits per heavy atom. The van der Waals surface area contributed by atoms with Gasteiger partial charge in [-0.15, -0.1) is 0 Å². The second-order valence-corrected chi connectivity index (χ2v) is 4.36. The van der Waals surface area contributed by atoms with E-state index in [1.54, 1.807) is 4.90 Å². The standard InChI is InChI=1S/C13H18N2O2/c16-13(17)15-9-8-14-10-12(15)7-6-11-4-2-1-3-5-11/h1-5,12,14H,6-10H2,(H,16,17)/t12-/m0/s1. The third-order valence-electron chi connectivity index (χ3n) is 3.20. The Balaban J connectivity index is 1.90. The van der Waals surface area contributed by atoms with Crippen LogP contribution in [0.15, 0.2) is 30.3 Å². The Bertz CT molecular complexity index is 367. The Morgan fingerprint density at radius 1 is 1.41 bits per heavy atom. The first-order chi connectivity index (χ1) is 8.27. The maximum absolute atomic E-state index is 11.1. The molecule has 2 N–H and O–H groups in total. The summed E-state index contributed by atoms with van der Waals surface area (Å²) in [6.45, 7) is 2.11. The molecule has 0 bridgehead atoms. The number of benzene rings is 1. The second kappa shape index (κ2) is 5.68. The van der Waals surface area contributed by atoms with Crippen molar-refractivity contribution in [1.29, 1.82) is 0 Å². The molecule has 1 aromatic carbocycles. The molecule has 1 heterocycles. The Labute approximate surface area is 101 Å². The van der Waals surface area contributed by atoms with Gasteiger partial charge in [-0.05, 0) is 18.4 Å². The van der Waals surface area contributed by atoms with Gasteiger partial charge in [0.25, 0.3) is 0 Å². The highest BCUT2D eigenvalue weighted by molar-refractivity contribution is 5.65. The van der Waals surface area contributed by atoms with E-state index in [1.807, 2.05) is 18.2 Å². The van der Waals surface area contributed by atoms with E-state index in [0.717, 1.165) is 25.9 Å². The lowest BCUT2D eigenvalue weighted by molar-refractivity contribution is 0.109. The molecular weight excluding hydrogens is 216 g/mol. The monoisotopic (exact) mass is 234 g/mol. The topological polar surface area (TPSA) is 52.6 Å². The summed E-state index contributed by atoms with van der Waals surface area (Å²) < 4.78 is 0. The van der Waals surface area contributed by atoms with E-state index in [1.165, 1.54) is 5.56 Å². The molecule has 0 radical (unpaired) electrons. The predicted molar refractivity (Wildman–Crippen MR) is 66.2 cm³/mol. The van der Waals surface area contributed by atoms with E-state index < -0.39 is 6.09 Å². The van der Waals surface area contributed by atoms with E-state index in [2.05, 4.69) is 17.4 Å². The van der Waals surface area contributed by atoms with Crippen LogP contribution in [-0.2, 0) is 6.42 Å². The van der Waals surface area contributed by atoms with E-state index in [-0.39, 0.29) is 6.04 Å². The number of amides is 1. The van der Waals surface area contributed by atoms with E-state index in [9.17, 15) is 4.79 Å². The van der Waals surface area contributed by atoms with Crippen LogP contribution in [0.3, 0.4) is 0 Å². The lowest BCUT2D eigenvalue weighted by Gasteiger charge is -2.34. The molecule has 0 unspecified atom stereocenters. The average Bonchev–Trinajstić information content (AvgIpc) is 2.38. The highest BCUT2D eigenvalue weighted by Crippen LogP contribution is 2.12. The highest BCUT2D eigenvalue weighted by Gasteiger charge is 2.25. The number of rotatable bonds is 3. The number of hydrogen-bond acceptors (Lipinski definition) is 2. The van der Waals surface area contributed by atoms with Crippen molar-refractivity contribution in [3.05, 3.63) is 35.9 Å². The summed E-state index contributed by atoms with van der Waals surface area (Å²) in [6, 6.07) is 10.3. The molecule has 1 fully saturated rings. The molecule has 1 aliphatic heterocycles. The van der Waals surface area contributed by atoms with Gasteiger partial charge in [0.1, 0.15) is 0 Å². The molecule has 1 atom stereocenters. The maximum atomic E-state index is 11.1. The Morgan fingerprint density at radius 3 is 2.88 bits per heavy atom. The Kier molecular flexibility index (Phi) is 3.98. The maximum Gasteiger partial charge on any atom is 0.407 e. The zero-order valence-corrected chi connectivity index (χ0v) is 9.80. The van der Waals surface area contributed by atoms with E-state index >= 15 is 0 Å². The van der Waals surface area contributed by atoms with Gasteiger partial charge >= 0.3 is 6.09 Å². The number of piperazine rings is 1. The van der Waals surface area contributed by atoms with Crippen LogP contribution in [0, 0.1) is 0 Å². The van der Waals surface area contributed by atoms with Crippen molar-refractivity contribution in [2.45, 2.75) is 18.9 Å². The first kappa shape index (κ1) is 11.9. The fraction of sp³-hybridized carbons (Fsp3) is 0.462. The minimum absolute atomic E-state index is 0.0986. The molecule has 92 valence electrons. The van der Waals surface area contributed by atoms with Gasteiger partial charge in [-0.3, -0.25) is 0 Å². The number of aryl methyl sites for hydroxylation is 1. The van der Waals surface area contributed by atoms with Gasteiger partial charge < -0.3 is 15.3 Å². The van der Waals surface area contributed by atoms with Gasteiger partial charge in [0.2, 0.25) is 0 Å². The third kappa shape index (κ3) is 3.20. The van der Waals surface area contributed by atoms with Crippen LogP contribution in [0.2, 0.25) is 0 Å². The van der Waals surface area contributed by atoms with E-state index in [4.69, 9.17) is 5.11 Å². The molecule has 2 rings (SSSR count). The van der Waals surface area contributed by atoms with Crippen LogP contribution in [0.25, 0.3) is 0 Å². The predicted octanol–water partition coefficient (Wildman–Crippen LogP) is 1.57. The number of nitrogens with one attached hydrogen (secondary N) is 1. The first-order valence-corrected chi connectivity index (χ1v) is 6.01. The van der Waals surface area contributed by atoms with Crippen molar-refractivity contribution in [3.8, 4) is 0 Å². The molecule has 1 aromatic rings. The van der Waals surface area contributed by atoms with Gasteiger partial charge in [0.05, 0.1) is 0 Å². The summed E-state index contributed by atoms with van der Waals surface area (Å²) >= 11 is 0. The summed E-state index contributed by atoms with van der Waals surface area (Å²) in [5, 5.41) is 12.4. The largest absolute Gasteiger partial charge is 0.465 e. The molecule has 0 saturated carbocycles. The molecule has 17 heavy (non-hydrogen) atoms. The Hall–Kier alpha value is -1.55.